The van der Waals surface area contributed by atoms with Crippen LogP contribution in [0.1, 0.15) is 54.9 Å². The Morgan fingerprint density at radius 2 is 1.62 bits per heavy atom. The number of aliphatic carboxylic acids is 1. The molecule has 0 aromatic carbocycles. The fraction of sp³-hybridized carbons (Fsp3) is 0.923. The third kappa shape index (κ3) is 5.50. The summed E-state index contributed by atoms with van der Waals surface area (Å²) in [7, 11) is 0. The summed E-state index contributed by atoms with van der Waals surface area (Å²) in [5, 5.41) is 9.26. The van der Waals surface area contributed by atoms with Crippen molar-refractivity contribution in [3.63, 3.8) is 0 Å². The fourth-order valence-corrected chi connectivity index (χ4v) is 2.06. The molecule has 0 aliphatic carbocycles. The molecular formula is C13H26O3. The van der Waals surface area contributed by atoms with Crippen LogP contribution in [0.4, 0.5) is 0 Å². The van der Waals surface area contributed by atoms with E-state index in [9.17, 15) is 9.90 Å². The zero-order valence-electron chi connectivity index (χ0n) is 11.6. The van der Waals surface area contributed by atoms with Crippen LogP contribution in [0.25, 0.3) is 0 Å². The van der Waals surface area contributed by atoms with Gasteiger partial charge in [-0.15, -0.1) is 0 Å². The minimum Gasteiger partial charge on any atom is -0.479 e. The molecule has 0 spiro atoms. The van der Waals surface area contributed by atoms with Gasteiger partial charge in [-0.1, -0.05) is 27.7 Å². The Hall–Kier alpha value is -0.570. The summed E-state index contributed by atoms with van der Waals surface area (Å²) < 4.78 is 5.67. The Kier molecular flexibility index (Phi) is 4.99. The van der Waals surface area contributed by atoms with Gasteiger partial charge in [-0.25, -0.2) is 4.79 Å². The van der Waals surface area contributed by atoms with E-state index in [2.05, 4.69) is 13.8 Å². The maximum atomic E-state index is 11.3. The van der Waals surface area contributed by atoms with E-state index in [1.54, 1.807) is 0 Å². The Balaban J connectivity index is 4.84. The second-order valence-electron chi connectivity index (χ2n) is 6.54. The van der Waals surface area contributed by atoms with Crippen molar-refractivity contribution < 1.29 is 14.6 Å². The molecule has 0 aromatic heterocycles. The minimum atomic E-state index is -0.874. The van der Waals surface area contributed by atoms with Crippen LogP contribution in [0, 0.1) is 11.3 Å². The highest BCUT2D eigenvalue weighted by Gasteiger charge is 2.39. The van der Waals surface area contributed by atoms with Crippen molar-refractivity contribution in [1.82, 2.24) is 0 Å². The van der Waals surface area contributed by atoms with Crippen LogP contribution in [-0.4, -0.2) is 22.8 Å². The van der Waals surface area contributed by atoms with Crippen molar-refractivity contribution in [3.05, 3.63) is 0 Å². The SMILES string of the molecule is CC(C)CC(C)(C)C(OC(C)(C)C)C(=O)O. The Labute approximate surface area is 99.2 Å². The first-order chi connectivity index (χ1) is 6.96. The van der Waals surface area contributed by atoms with E-state index in [0.29, 0.717) is 5.92 Å². The Morgan fingerprint density at radius 3 is 1.88 bits per heavy atom. The highest BCUT2D eigenvalue weighted by atomic mass is 16.5. The summed E-state index contributed by atoms with van der Waals surface area (Å²) in [4.78, 5) is 11.3. The normalized spacial score (nSPS) is 15.2. The van der Waals surface area contributed by atoms with E-state index >= 15 is 0 Å². The number of carbonyl (C=O) groups is 1. The first-order valence-electron chi connectivity index (χ1n) is 5.86. The lowest BCUT2D eigenvalue weighted by Crippen LogP contribution is -2.44. The predicted octanol–water partition coefficient (Wildman–Crippen LogP) is 3.33. The smallest absolute Gasteiger partial charge is 0.333 e. The zero-order valence-corrected chi connectivity index (χ0v) is 11.6. The number of hydrogen-bond donors (Lipinski definition) is 1. The van der Waals surface area contributed by atoms with Gasteiger partial charge in [0.15, 0.2) is 6.10 Å². The lowest BCUT2D eigenvalue weighted by molar-refractivity contribution is -0.174. The summed E-state index contributed by atoms with van der Waals surface area (Å²) in [6.45, 7) is 13.8. The third-order valence-corrected chi connectivity index (χ3v) is 2.34. The second kappa shape index (κ2) is 5.17. The molecule has 0 radical (unpaired) electrons. The van der Waals surface area contributed by atoms with Crippen LogP contribution in [0.5, 0.6) is 0 Å². The van der Waals surface area contributed by atoms with E-state index in [1.165, 1.54) is 0 Å². The predicted molar refractivity (Wildman–Crippen MR) is 65.5 cm³/mol. The van der Waals surface area contributed by atoms with Gasteiger partial charge in [0.2, 0.25) is 0 Å². The van der Waals surface area contributed by atoms with Crippen LogP contribution in [0.2, 0.25) is 0 Å². The average Bonchev–Trinajstić information content (AvgIpc) is 1.95. The molecule has 3 heteroatoms. The van der Waals surface area contributed by atoms with Gasteiger partial charge < -0.3 is 9.84 Å². The molecule has 0 aliphatic rings. The largest absolute Gasteiger partial charge is 0.479 e. The minimum absolute atomic E-state index is 0.354. The fourth-order valence-electron chi connectivity index (χ4n) is 2.06. The Morgan fingerprint density at radius 1 is 1.19 bits per heavy atom. The molecular weight excluding hydrogens is 204 g/mol. The number of rotatable bonds is 5. The monoisotopic (exact) mass is 230 g/mol. The zero-order chi connectivity index (χ0) is 13.1. The van der Waals surface area contributed by atoms with E-state index in [1.807, 2.05) is 34.6 Å². The van der Waals surface area contributed by atoms with Crippen LogP contribution in [0.3, 0.4) is 0 Å². The van der Waals surface area contributed by atoms with Gasteiger partial charge in [0, 0.05) is 5.41 Å². The van der Waals surface area contributed by atoms with Crippen LogP contribution in [-0.2, 0) is 9.53 Å². The highest BCUT2D eigenvalue weighted by molar-refractivity contribution is 5.73. The summed E-state index contributed by atoms with van der Waals surface area (Å²) >= 11 is 0. The molecule has 0 aromatic rings. The molecule has 3 nitrogen and oxygen atoms in total. The summed E-state index contributed by atoms with van der Waals surface area (Å²) in [5.41, 5.74) is -0.787. The van der Waals surface area contributed by atoms with Crippen LogP contribution in [0.15, 0.2) is 0 Å². The van der Waals surface area contributed by atoms with Crippen molar-refractivity contribution in [2.45, 2.75) is 66.6 Å². The lowest BCUT2D eigenvalue weighted by Gasteiger charge is -2.36. The van der Waals surface area contributed by atoms with Gasteiger partial charge in [-0.3, -0.25) is 0 Å². The standard InChI is InChI=1S/C13H26O3/c1-9(2)8-13(6,7)10(11(14)15)16-12(3,4)5/h9-10H,8H2,1-7H3,(H,14,15). The van der Waals surface area contributed by atoms with Crippen LogP contribution >= 0.6 is 0 Å². The van der Waals surface area contributed by atoms with E-state index < -0.39 is 17.7 Å². The molecule has 0 saturated carbocycles. The molecule has 0 saturated heterocycles. The number of hydrogen-bond acceptors (Lipinski definition) is 2. The van der Waals surface area contributed by atoms with Crippen molar-refractivity contribution in [3.8, 4) is 0 Å². The maximum Gasteiger partial charge on any atom is 0.333 e. The van der Waals surface area contributed by atoms with Crippen molar-refractivity contribution in [1.29, 1.82) is 0 Å². The molecule has 1 N–H and O–H groups in total. The van der Waals surface area contributed by atoms with Gasteiger partial charge in [-0.05, 0) is 33.1 Å². The van der Waals surface area contributed by atoms with E-state index in [4.69, 9.17) is 4.74 Å². The molecule has 0 fully saturated rings. The summed E-state index contributed by atoms with van der Waals surface area (Å²) in [6.07, 6.45) is 0.0787. The molecule has 16 heavy (non-hydrogen) atoms. The lowest BCUT2D eigenvalue weighted by atomic mass is 9.78. The number of ether oxygens (including phenoxy) is 1. The first kappa shape index (κ1) is 15.4. The second-order valence-corrected chi connectivity index (χ2v) is 6.54. The van der Waals surface area contributed by atoms with Crippen molar-refractivity contribution >= 4 is 5.97 Å². The third-order valence-electron chi connectivity index (χ3n) is 2.34. The van der Waals surface area contributed by atoms with Gasteiger partial charge >= 0.3 is 5.97 Å². The summed E-state index contributed by atoms with van der Waals surface area (Å²) in [6, 6.07) is 0. The van der Waals surface area contributed by atoms with E-state index in [-0.39, 0.29) is 5.41 Å². The number of carboxylic acids is 1. The molecule has 0 heterocycles. The van der Waals surface area contributed by atoms with E-state index in [0.717, 1.165) is 6.42 Å². The molecule has 1 atom stereocenters. The van der Waals surface area contributed by atoms with Gasteiger partial charge in [-0.2, -0.15) is 0 Å². The molecule has 0 amide bonds. The van der Waals surface area contributed by atoms with Crippen LogP contribution < -0.4 is 0 Å². The van der Waals surface area contributed by atoms with Gasteiger partial charge in [0.05, 0.1) is 5.60 Å². The molecule has 0 bridgehead atoms. The molecule has 1 unspecified atom stereocenters. The van der Waals surface area contributed by atoms with Gasteiger partial charge in [0.25, 0.3) is 0 Å². The molecule has 96 valence electrons. The van der Waals surface area contributed by atoms with Crippen molar-refractivity contribution in [2.24, 2.45) is 11.3 Å². The quantitative estimate of drug-likeness (QED) is 0.788. The molecule has 0 aliphatic heterocycles. The average molecular weight is 230 g/mol. The summed E-state index contributed by atoms with van der Waals surface area (Å²) in [5.74, 6) is -0.416. The highest BCUT2D eigenvalue weighted by Crippen LogP contribution is 2.33. The first-order valence-corrected chi connectivity index (χ1v) is 5.86. The Bertz CT molecular complexity index is 236. The number of carboxylic acid groups (broad SMARTS) is 1. The topological polar surface area (TPSA) is 46.5 Å². The van der Waals surface area contributed by atoms with Crippen molar-refractivity contribution in [2.75, 3.05) is 0 Å². The maximum absolute atomic E-state index is 11.3. The van der Waals surface area contributed by atoms with Gasteiger partial charge in [0.1, 0.15) is 0 Å². The molecule has 0 rings (SSSR count).